The van der Waals surface area contributed by atoms with Crippen molar-refractivity contribution in [3.8, 4) is 0 Å². The minimum absolute atomic E-state index is 0.967. The van der Waals surface area contributed by atoms with Gasteiger partial charge in [-0.25, -0.2) is 4.98 Å². The van der Waals surface area contributed by atoms with E-state index in [1.165, 1.54) is 17.5 Å². The maximum absolute atomic E-state index is 4.16. The number of aromatic nitrogens is 2. The highest BCUT2D eigenvalue weighted by Crippen LogP contribution is 2.08. The largest absolute Gasteiger partial charge is 0.343 e. The lowest BCUT2D eigenvalue weighted by molar-refractivity contribution is 0.844. The molecule has 2 heteroatoms. The smallest absolute Gasteiger partial charge is 0.103 e. The summed E-state index contributed by atoms with van der Waals surface area (Å²) in [4.78, 5) is 7.36. The topological polar surface area (TPSA) is 28.7 Å². The fraction of sp³-hybridized carbons (Fsp3) is 0.312. The molecule has 0 bridgehead atoms. The molecule has 0 fully saturated rings. The minimum Gasteiger partial charge on any atom is -0.343 e. The van der Waals surface area contributed by atoms with Crippen molar-refractivity contribution in [2.24, 2.45) is 0 Å². The third-order valence-corrected chi connectivity index (χ3v) is 2.98. The van der Waals surface area contributed by atoms with Crippen LogP contribution in [0, 0.1) is 13.8 Å². The van der Waals surface area contributed by atoms with E-state index in [9.17, 15) is 0 Å². The summed E-state index contributed by atoms with van der Waals surface area (Å²) in [6.45, 7) is 4.09. The van der Waals surface area contributed by atoms with Crippen molar-refractivity contribution < 1.29 is 0 Å². The monoisotopic (exact) mass is 240 g/mol. The van der Waals surface area contributed by atoms with Crippen LogP contribution in [0.3, 0.4) is 0 Å². The van der Waals surface area contributed by atoms with Crippen LogP contribution in [0.1, 0.15) is 35.5 Å². The summed E-state index contributed by atoms with van der Waals surface area (Å²) < 4.78 is 0. The van der Waals surface area contributed by atoms with Gasteiger partial charge in [0.15, 0.2) is 0 Å². The normalized spacial score (nSPS) is 11.2. The third-order valence-electron chi connectivity index (χ3n) is 2.98. The molecule has 1 heterocycles. The summed E-state index contributed by atoms with van der Waals surface area (Å²) in [6.07, 6.45) is 9.62. The number of nitrogens with zero attached hydrogens (tertiary/aromatic N) is 1. The molecule has 0 aliphatic heterocycles. The first-order valence-corrected chi connectivity index (χ1v) is 6.48. The van der Waals surface area contributed by atoms with Gasteiger partial charge in [0.25, 0.3) is 0 Å². The van der Waals surface area contributed by atoms with E-state index in [1.807, 2.05) is 13.1 Å². The Morgan fingerprint density at radius 3 is 2.61 bits per heavy atom. The number of rotatable bonds is 5. The number of hydrogen-bond acceptors (Lipinski definition) is 1. The van der Waals surface area contributed by atoms with Crippen molar-refractivity contribution in [2.75, 3.05) is 0 Å². The molecule has 2 nitrogen and oxygen atoms in total. The van der Waals surface area contributed by atoms with Gasteiger partial charge in [-0.1, -0.05) is 35.9 Å². The molecule has 0 spiro atoms. The van der Waals surface area contributed by atoms with E-state index < -0.39 is 0 Å². The zero-order valence-corrected chi connectivity index (χ0v) is 11.1. The van der Waals surface area contributed by atoms with Gasteiger partial charge in [-0.3, -0.25) is 0 Å². The first kappa shape index (κ1) is 12.6. The molecule has 0 saturated carbocycles. The quantitative estimate of drug-likeness (QED) is 0.784. The van der Waals surface area contributed by atoms with Gasteiger partial charge in [-0.05, 0) is 44.7 Å². The number of aryl methyl sites for hydroxylation is 3. The first-order valence-electron chi connectivity index (χ1n) is 6.48. The van der Waals surface area contributed by atoms with E-state index in [-0.39, 0.29) is 0 Å². The molecule has 0 unspecified atom stereocenters. The third kappa shape index (κ3) is 3.88. The van der Waals surface area contributed by atoms with Gasteiger partial charge in [0, 0.05) is 0 Å². The summed E-state index contributed by atoms with van der Waals surface area (Å²) in [5.41, 5.74) is 3.84. The number of hydrogen-bond donors (Lipinski definition) is 1. The molecule has 94 valence electrons. The van der Waals surface area contributed by atoms with Crippen LogP contribution in [0.5, 0.6) is 0 Å². The molecule has 1 aromatic heterocycles. The number of H-pyrrole nitrogens is 1. The van der Waals surface area contributed by atoms with E-state index >= 15 is 0 Å². The molecular formula is C16H20N2. The maximum Gasteiger partial charge on any atom is 0.103 e. The zero-order chi connectivity index (χ0) is 12.8. The van der Waals surface area contributed by atoms with Crippen LogP contribution in [-0.2, 0) is 6.42 Å². The number of benzene rings is 1. The molecule has 1 aromatic carbocycles. The number of unbranched alkanes of at least 4 members (excludes halogenated alkanes) is 1. The number of aromatic amines is 1. The zero-order valence-electron chi connectivity index (χ0n) is 11.1. The van der Waals surface area contributed by atoms with Crippen molar-refractivity contribution in [3.05, 3.63) is 59.2 Å². The summed E-state index contributed by atoms with van der Waals surface area (Å²) >= 11 is 0. The Bertz CT molecular complexity index is 506. The van der Waals surface area contributed by atoms with Crippen LogP contribution in [0.4, 0.5) is 0 Å². The predicted molar refractivity (Wildman–Crippen MR) is 76.5 cm³/mol. The number of imidazole rings is 1. The van der Waals surface area contributed by atoms with Crippen LogP contribution in [-0.4, -0.2) is 9.97 Å². The molecule has 18 heavy (non-hydrogen) atoms. The lowest BCUT2D eigenvalue weighted by Crippen LogP contribution is -1.84. The predicted octanol–water partition coefficient (Wildman–Crippen LogP) is 4.06. The summed E-state index contributed by atoms with van der Waals surface area (Å²) in [6, 6.07) is 8.80. The Morgan fingerprint density at radius 1 is 1.17 bits per heavy atom. The molecule has 2 aromatic rings. The van der Waals surface area contributed by atoms with Gasteiger partial charge in [-0.15, -0.1) is 0 Å². The van der Waals surface area contributed by atoms with Crippen LogP contribution < -0.4 is 0 Å². The molecule has 0 aliphatic rings. The van der Waals surface area contributed by atoms with E-state index in [0.29, 0.717) is 0 Å². The van der Waals surface area contributed by atoms with Gasteiger partial charge >= 0.3 is 0 Å². The average Bonchev–Trinajstić information content (AvgIpc) is 2.77. The second-order valence-electron chi connectivity index (χ2n) is 4.70. The molecule has 0 aliphatic carbocycles. The average molecular weight is 240 g/mol. The van der Waals surface area contributed by atoms with Gasteiger partial charge in [0.2, 0.25) is 0 Å². The molecule has 1 N–H and O–H groups in total. The molecule has 0 amide bonds. The van der Waals surface area contributed by atoms with E-state index in [4.69, 9.17) is 0 Å². The highest BCUT2D eigenvalue weighted by molar-refractivity contribution is 5.43. The van der Waals surface area contributed by atoms with E-state index in [2.05, 4.69) is 53.3 Å². The Balaban J connectivity index is 1.73. The first-order chi connectivity index (χ1) is 8.74. The van der Waals surface area contributed by atoms with Crippen molar-refractivity contribution >= 4 is 6.08 Å². The highest BCUT2D eigenvalue weighted by atomic mass is 14.9. The van der Waals surface area contributed by atoms with Crippen molar-refractivity contribution in [1.29, 1.82) is 0 Å². The SMILES string of the molecule is Cc1ccc(CCC/C=C/c2cnc(C)[nH]2)cc1. The highest BCUT2D eigenvalue weighted by Gasteiger charge is 1.93. The van der Waals surface area contributed by atoms with Crippen molar-refractivity contribution in [1.82, 2.24) is 9.97 Å². The minimum atomic E-state index is 0.967. The lowest BCUT2D eigenvalue weighted by Gasteiger charge is -1.99. The Hall–Kier alpha value is -1.83. The molecular weight excluding hydrogens is 220 g/mol. The van der Waals surface area contributed by atoms with Crippen LogP contribution in [0.15, 0.2) is 36.5 Å². The van der Waals surface area contributed by atoms with Crippen LogP contribution in [0.25, 0.3) is 6.08 Å². The van der Waals surface area contributed by atoms with Crippen molar-refractivity contribution in [3.63, 3.8) is 0 Å². The van der Waals surface area contributed by atoms with Gasteiger partial charge < -0.3 is 4.98 Å². The number of nitrogens with one attached hydrogen (secondary N) is 1. The maximum atomic E-state index is 4.16. The molecule has 0 saturated heterocycles. The fourth-order valence-corrected chi connectivity index (χ4v) is 1.91. The van der Waals surface area contributed by atoms with Gasteiger partial charge in [-0.2, -0.15) is 0 Å². The number of allylic oxidation sites excluding steroid dienone is 1. The second kappa shape index (κ2) is 6.20. The van der Waals surface area contributed by atoms with Crippen molar-refractivity contribution in [2.45, 2.75) is 33.1 Å². The Labute approximate surface area is 109 Å². The standard InChI is InChI=1S/C16H20N2/c1-13-8-10-15(11-9-13)6-4-3-5-7-16-12-17-14(2)18-16/h5,7-12H,3-4,6H2,1-2H3,(H,17,18)/b7-5+. The van der Waals surface area contributed by atoms with E-state index in [1.54, 1.807) is 0 Å². The van der Waals surface area contributed by atoms with Gasteiger partial charge in [0.1, 0.15) is 5.82 Å². The Kier molecular flexibility index (Phi) is 4.35. The van der Waals surface area contributed by atoms with E-state index in [0.717, 1.165) is 24.4 Å². The summed E-state index contributed by atoms with van der Waals surface area (Å²) in [5.74, 6) is 0.967. The fourth-order valence-electron chi connectivity index (χ4n) is 1.91. The summed E-state index contributed by atoms with van der Waals surface area (Å²) in [7, 11) is 0. The lowest BCUT2D eigenvalue weighted by atomic mass is 10.1. The van der Waals surface area contributed by atoms with Crippen LogP contribution >= 0.6 is 0 Å². The molecule has 2 rings (SSSR count). The molecule has 0 radical (unpaired) electrons. The summed E-state index contributed by atoms with van der Waals surface area (Å²) in [5, 5.41) is 0. The van der Waals surface area contributed by atoms with Gasteiger partial charge in [0.05, 0.1) is 11.9 Å². The van der Waals surface area contributed by atoms with Crippen LogP contribution in [0.2, 0.25) is 0 Å². The second-order valence-corrected chi connectivity index (χ2v) is 4.70. The Morgan fingerprint density at radius 2 is 1.94 bits per heavy atom. The molecule has 0 atom stereocenters.